The van der Waals surface area contributed by atoms with E-state index < -0.39 is 0 Å². The van der Waals surface area contributed by atoms with Crippen LogP contribution in [0.5, 0.6) is 0 Å². The Kier molecular flexibility index (Phi) is 4.59. The van der Waals surface area contributed by atoms with Crippen LogP contribution in [0, 0.1) is 0 Å². The fourth-order valence-corrected chi connectivity index (χ4v) is 1.81. The van der Waals surface area contributed by atoms with Crippen LogP contribution >= 0.6 is 0 Å². The van der Waals surface area contributed by atoms with Crippen LogP contribution in [-0.2, 0) is 16.1 Å². The molecule has 1 fully saturated rings. The Hall–Kier alpha value is -1.55. The van der Waals surface area contributed by atoms with Gasteiger partial charge in [-0.25, -0.2) is 0 Å². The van der Waals surface area contributed by atoms with Gasteiger partial charge in [0, 0.05) is 37.4 Å². The van der Waals surface area contributed by atoms with Gasteiger partial charge in [-0.3, -0.25) is 4.79 Å². The smallest absolute Gasteiger partial charge is 0.221 e. The van der Waals surface area contributed by atoms with Gasteiger partial charge >= 0.3 is 0 Å². The van der Waals surface area contributed by atoms with E-state index in [1.165, 1.54) is 0 Å². The van der Waals surface area contributed by atoms with E-state index in [0.29, 0.717) is 25.6 Å². The number of nitrogens with one attached hydrogen (secondary N) is 2. The van der Waals surface area contributed by atoms with Crippen molar-refractivity contribution in [1.29, 1.82) is 0 Å². The molecule has 0 atom stereocenters. The minimum absolute atomic E-state index is 0.134. The highest BCUT2D eigenvalue weighted by atomic mass is 16.5. The van der Waals surface area contributed by atoms with Crippen molar-refractivity contribution in [2.24, 2.45) is 0 Å². The minimum Gasteiger partial charge on any atom is -0.384 e. The maximum atomic E-state index is 11.5. The molecule has 1 aliphatic carbocycles. The van der Waals surface area contributed by atoms with Crippen molar-refractivity contribution in [1.82, 2.24) is 5.32 Å². The van der Waals surface area contributed by atoms with Gasteiger partial charge in [-0.2, -0.15) is 0 Å². The van der Waals surface area contributed by atoms with Crippen molar-refractivity contribution in [3.8, 4) is 0 Å². The summed E-state index contributed by atoms with van der Waals surface area (Å²) in [6.07, 6.45) is 2.78. The molecular weight excluding hydrogens is 228 g/mol. The van der Waals surface area contributed by atoms with E-state index in [-0.39, 0.29) is 5.91 Å². The third-order valence-electron chi connectivity index (χ3n) is 2.93. The highest BCUT2D eigenvalue weighted by molar-refractivity contribution is 5.77. The lowest BCUT2D eigenvalue weighted by atomic mass is 10.2. The Morgan fingerprint density at radius 1 is 1.39 bits per heavy atom. The highest BCUT2D eigenvalue weighted by Crippen LogP contribution is 2.19. The van der Waals surface area contributed by atoms with Gasteiger partial charge in [-0.15, -0.1) is 0 Å². The lowest BCUT2D eigenvalue weighted by Gasteiger charge is -2.11. The maximum absolute atomic E-state index is 11.5. The number of ether oxygens (including phenoxy) is 1. The van der Waals surface area contributed by atoms with Gasteiger partial charge in [0.25, 0.3) is 0 Å². The standard InChI is InChI=1S/C14H20N2O2/c1-18-10-11-4-2-3-5-13(11)15-9-8-14(17)16-12-6-7-12/h2-5,12,15H,6-10H2,1H3,(H,16,17). The quantitative estimate of drug-likeness (QED) is 0.775. The number of carbonyl (C=O) groups is 1. The second kappa shape index (κ2) is 6.40. The third-order valence-corrected chi connectivity index (χ3v) is 2.93. The summed E-state index contributed by atoms with van der Waals surface area (Å²) in [6, 6.07) is 8.44. The van der Waals surface area contributed by atoms with Crippen LogP contribution < -0.4 is 10.6 Å². The van der Waals surface area contributed by atoms with Crippen molar-refractivity contribution < 1.29 is 9.53 Å². The molecule has 0 aromatic heterocycles. The molecule has 0 unspecified atom stereocenters. The summed E-state index contributed by atoms with van der Waals surface area (Å²) in [4.78, 5) is 11.5. The Balaban J connectivity index is 1.76. The summed E-state index contributed by atoms with van der Waals surface area (Å²) in [5, 5.41) is 6.26. The minimum atomic E-state index is 0.134. The molecule has 0 bridgehead atoms. The Bertz CT molecular complexity index is 403. The van der Waals surface area contributed by atoms with Gasteiger partial charge in [0.15, 0.2) is 0 Å². The molecule has 0 saturated heterocycles. The van der Waals surface area contributed by atoms with Crippen molar-refractivity contribution in [3.05, 3.63) is 29.8 Å². The zero-order valence-corrected chi connectivity index (χ0v) is 10.7. The first kappa shape index (κ1) is 12.9. The van der Waals surface area contributed by atoms with E-state index in [0.717, 1.165) is 24.1 Å². The number of methoxy groups -OCH3 is 1. The van der Waals surface area contributed by atoms with Gasteiger partial charge in [0.2, 0.25) is 5.91 Å². The third kappa shape index (κ3) is 4.04. The number of anilines is 1. The molecule has 4 heteroatoms. The van der Waals surface area contributed by atoms with E-state index in [9.17, 15) is 4.79 Å². The fourth-order valence-electron chi connectivity index (χ4n) is 1.81. The number of amides is 1. The normalized spacial score (nSPS) is 14.3. The molecule has 1 amide bonds. The zero-order valence-electron chi connectivity index (χ0n) is 10.7. The Morgan fingerprint density at radius 2 is 2.17 bits per heavy atom. The predicted molar refractivity (Wildman–Crippen MR) is 71.4 cm³/mol. The van der Waals surface area contributed by atoms with Gasteiger partial charge in [0.05, 0.1) is 6.61 Å². The van der Waals surface area contributed by atoms with Crippen molar-refractivity contribution >= 4 is 11.6 Å². The van der Waals surface area contributed by atoms with E-state index in [1.54, 1.807) is 7.11 Å². The second-order valence-corrected chi connectivity index (χ2v) is 4.61. The molecule has 0 radical (unpaired) electrons. The molecule has 0 heterocycles. The molecule has 1 aliphatic rings. The van der Waals surface area contributed by atoms with Crippen molar-refractivity contribution in [2.75, 3.05) is 19.0 Å². The molecule has 2 rings (SSSR count). The number of benzene rings is 1. The van der Waals surface area contributed by atoms with Crippen LogP contribution in [0.1, 0.15) is 24.8 Å². The molecule has 1 aromatic rings. The average molecular weight is 248 g/mol. The van der Waals surface area contributed by atoms with E-state index in [1.807, 2.05) is 24.3 Å². The maximum Gasteiger partial charge on any atom is 0.221 e. The Labute approximate surface area is 108 Å². The van der Waals surface area contributed by atoms with Gasteiger partial charge < -0.3 is 15.4 Å². The molecule has 98 valence electrons. The number of carbonyl (C=O) groups excluding carboxylic acids is 1. The summed E-state index contributed by atoms with van der Waals surface area (Å²) in [7, 11) is 1.68. The van der Waals surface area contributed by atoms with Gasteiger partial charge in [-0.05, 0) is 18.9 Å². The summed E-state index contributed by atoms with van der Waals surface area (Å²) in [6.45, 7) is 1.23. The lowest BCUT2D eigenvalue weighted by molar-refractivity contribution is -0.120. The van der Waals surface area contributed by atoms with Crippen LogP contribution in [-0.4, -0.2) is 25.6 Å². The summed E-state index contributed by atoms with van der Waals surface area (Å²) < 4.78 is 5.14. The van der Waals surface area contributed by atoms with E-state index in [2.05, 4.69) is 10.6 Å². The fraction of sp³-hybridized carbons (Fsp3) is 0.500. The largest absolute Gasteiger partial charge is 0.384 e. The highest BCUT2D eigenvalue weighted by Gasteiger charge is 2.22. The average Bonchev–Trinajstić information content (AvgIpc) is 3.15. The first-order chi connectivity index (χ1) is 8.79. The first-order valence-electron chi connectivity index (χ1n) is 6.39. The van der Waals surface area contributed by atoms with Crippen LogP contribution in [0.25, 0.3) is 0 Å². The van der Waals surface area contributed by atoms with Crippen LogP contribution in [0.2, 0.25) is 0 Å². The number of hydrogen-bond acceptors (Lipinski definition) is 3. The summed E-state index contributed by atoms with van der Waals surface area (Å²) in [5.41, 5.74) is 2.15. The topological polar surface area (TPSA) is 50.4 Å². The molecular formula is C14H20N2O2. The zero-order chi connectivity index (χ0) is 12.8. The molecule has 2 N–H and O–H groups in total. The SMILES string of the molecule is COCc1ccccc1NCCC(=O)NC1CC1. The van der Waals surface area contributed by atoms with Crippen molar-refractivity contribution in [3.63, 3.8) is 0 Å². The monoisotopic (exact) mass is 248 g/mol. The number of rotatable bonds is 7. The molecule has 0 spiro atoms. The lowest BCUT2D eigenvalue weighted by Crippen LogP contribution is -2.27. The Morgan fingerprint density at radius 3 is 2.89 bits per heavy atom. The van der Waals surface area contributed by atoms with E-state index >= 15 is 0 Å². The van der Waals surface area contributed by atoms with E-state index in [4.69, 9.17) is 4.74 Å². The number of para-hydroxylation sites is 1. The van der Waals surface area contributed by atoms with Gasteiger partial charge in [0.1, 0.15) is 0 Å². The van der Waals surface area contributed by atoms with Crippen LogP contribution in [0.4, 0.5) is 5.69 Å². The first-order valence-corrected chi connectivity index (χ1v) is 6.39. The number of hydrogen-bond donors (Lipinski definition) is 2. The molecule has 1 saturated carbocycles. The van der Waals surface area contributed by atoms with Crippen LogP contribution in [0.3, 0.4) is 0 Å². The van der Waals surface area contributed by atoms with Gasteiger partial charge in [-0.1, -0.05) is 18.2 Å². The predicted octanol–water partition coefficient (Wildman–Crippen LogP) is 1.91. The second-order valence-electron chi connectivity index (χ2n) is 4.61. The molecule has 0 aliphatic heterocycles. The van der Waals surface area contributed by atoms with Crippen molar-refractivity contribution in [2.45, 2.75) is 31.9 Å². The summed E-state index contributed by atoms with van der Waals surface area (Å²) >= 11 is 0. The molecule has 18 heavy (non-hydrogen) atoms. The summed E-state index contributed by atoms with van der Waals surface area (Å²) in [5.74, 6) is 0.134. The molecule has 4 nitrogen and oxygen atoms in total. The molecule has 1 aromatic carbocycles. The van der Waals surface area contributed by atoms with Crippen LogP contribution in [0.15, 0.2) is 24.3 Å².